The second-order valence-corrected chi connectivity index (χ2v) is 13.8. The van der Waals surface area contributed by atoms with Gasteiger partial charge in [-0.1, -0.05) is 40.2 Å². The van der Waals surface area contributed by atoms with Crippen LogP contribution in [0, 0.1) is 51.2 Å². The highest BCUT2D eigenvalue weighted by molar-refractivity contribution is 5.65. The monoisotopic (exact) mass is 520 g/mol. The van der Waals surface area contributed by atoms with Gasteiger partial charge in [0.25, 0.3) is 0 Å². The molecule has 3 N–H and O–H groups in total. The van der Waals surface area contributed by atoms with Crippen LogP contribution in [0.2, 0.25) is 0 Å². The standard InChI is InChI=1S/C28H46O3.C3H6O.CH4O/c1-18-20-10-14-27(5)24(25(20,3)13-11-23(18)30)9-8-21-22-7-6-12-28(22,17-31-19(2)29)16-15-26(21,27)4;1-2-3-4;1-2/h18,20-24,30H,6-17H2,1-5H3;2,4H,1,3H2;2H,1H3/t18?,20?,21?,22?,23?,24?,25?,26-,27?,28?;;/m1../s1. The first-order valence-electron chi connectivity index (χ1n) is 15.0. The van der Waals surface area contributed by atoms with Gasteiger partial charge in [0.1, 0.15) is 0 Å². The maximum absolute atomic E-state index is 11.6. The minimum Gasteiger partial charge on any atom is -0.465 e. The highest BCUT2D eigenvalue weighted by Crippen LogP contribution is 2.75. The van der Waals surface area contributed by atoms with Crippen LogP contribution in [-0.2, 0) is 9.53 Å². The number of rotatable bonds is 3. The Labute approximate surface area is 226 Å². The second-order valence-electron chi connectivity index (χ2n) is 13.8. The lowest BCUT2D eigenvalue weighted by Crippen LogP contribution is -2.65. The maximum Gasteiger partial charge on any atom is 0.302 e. The van der Waals surface area contributed by atoms with Gasteiger partial charge in [-0.05, 0) is 110 Å². The van der Waals surface area contributed by atoms with E-state index in [1.54, 1.807) is 6.92 Å². The van der Waals surface area contributed by atoms with Crippen LogP contribution in [0.25, 0.3) is 0 Å². The Morgan fingerprint density at radius 1 is 0.919 bits per heavy atom. The number of carbonyl (C=O) groups excluding carboxylic acids is 1. The summed E-state index contributed by atoms with van der Waals surface area (Å²) in [6, 6.07) is 0. The lowest BCUT2D eigenvalue weighted by molar-refractivity contribution is -0.236. The van der Waals surface area contributed by atoms with Crippen molar-refractivity contribution in [2.45, 2.75) is 111 Å². The quantitative estimate of drug-likeness (QED) is 0.307. The molecule has 5 heteroatoms. The van der Waals surface area contributed by atoms with Crippen molar-refractivity contribution in [1.82, 2.24) is 0 Å². The molecule has 0 heterocycles. The van der Waals surface area contributed by atoms with Crippen molar-refractivity contribution in [3.63, 3.8) is 0 Å². The maximum atomic E-state index is 11.6. The molecular formula is C32H56O5. The van der Waals surface area contributed by atoms with Gasteiger partial charge < -0.3 is 20.1 Å². The number of hydrogen-bond acceptors (Lipinski definition) is 5. The summed E-state index contributed by atoms with van der Waals surface area (Å²) >= 11 is 0. The smallest absolute Gasteiger partial charge is 0.302 e. The summed E-state index contributed by atoms with van der Waals surface area (Å²) in [5, 5.41) is 25.4. The van der Waals surface area contributed by atoms with Gasteiger partial charge in [-0.25, -0.2) is 0 Å². The third-order valence-corrected chi connectivity index (χ3v) is 12.8. The molecule has 5 aliphatic carbocycles. The van der Waals surface area contributed by atoms with Crippen LogP contribution in [0.15, 0.2) is 12.7 Å². The van der Waals surface area contributed by atoms with E-state index >= 15 is 0 Å². The molecule has 0 spiro atoms. The number of aliphatic hydroxyl groups excluding tert-OH is 3. The Morgan fingerprint density at radius 3 is 2.22 bits per heavy atom. The van der Waals surface area contributed by atoms with E-state index in [1.807, 2.05) is 0 Å². The third-order valence-electron chi connectivity index (χ3n) is 12.8. The van der Waals surface area contributed by atoms with Crippen molar-refractivity contribution in [2.24, 2.45) is 51.2 Å². The molecule has 5 fully saturated rings. The Kier molecular flexibility index (Phi) is 9.67. The lowest BCUT2D eigenvalue weighted by atomic mass is 9.33. The molecule has 0 saturated heterocycles. The topological polar surface area (TPSA) is 87.0 Å². The number of ether oxygens (including phenoxy) is 1. The van der Waals surface area contributed by atoms with Crippen LogP contribution >= 0.6 is 0 Å². The summed E-state index contributed by atoms with van der Waals surface area (Å²) < 4.78 is 5.68. The Hall–Kier alpha value is -0.910. The van der Waals surface area contributed by atoms with Gasteiger partial charge in [0.2, 0.25) is 0 Å². The fraction of sp³-hybridized carbons (Fsp3) is 0.906. The van der Waals surface area contributed by atoms with Crippen LogP contribution in [0.3, 0.4) is 0 Å². The molecule has 0 aromatic heterocycles. The average Bonchev–Trinajstić information content (AvgIpc) is 3.31. The van der Waals surface area contributed by atoms with E-state index in [9.17, 15) is 9.90 Å². The van der Waals surface area contributed by atoms with Gasteiger partial charge in [-0.3, -0.25) is 4.79 Å². The number of fused-ring (bicyclic) bond motifs is 7. The van der Waals surface area contributed by atoms with Crippen molar-refractivity contribution in [1.29, 1.82) is 0 Å². The number of hydrogen-bond donors (Lipinski definition) is 3. The van der Waals surface area contributed by atoms with E-state index in [2.05, 4.69) is 34.3 Å². The predicted molar refractivity (Wildman–Crippen MR) is 149 cm³/mol. The van der Waals surface area contributed by atoms with Gasteiger partial charge in [-0.2, -0.15) is 0 Å². The Bertz CT molecular complexity index is 798. The molecule has 9 unspecified atom stereocenters. The molecule has 37 heavy (non-hydrogen) atoms. The minimum absolute atomic E-state index is 0.0833. The fourth-order valence-corrected chi connectivity index (χ4v) is 10.8. The van der Waals surface area contributed by atoms with Gasteiger partial charge in [-0.15, -0.1) is 6.58 Å². The zero-order chi connectivity index (χ0) is 27.6. The first kappa shape index (κ1) is 30.6. The van der Waals surface area contributed by atoms with Crippen molar-refractivity contribution in [3.8, 4) is 0 Å². The molecule has 0 bridgehead atoms. The Morgan fingerprint density at radius 2 is 1.59 bits per heavy atom. The average molecular weight is 521 g/mol. The number of esters is 1. The molecule has 5 aliphatic rings. The Balaban J connectivity index is 0.000000580. The largest absolute Gasteiger partial charge is 0.465 e. The molecule has 0 aromatic carbocycles. The predicted octanol–water partition coefficient (Wildman–Crippen LogP) is 6.15. The first-order chi connectivity index (χ1) is 17.5. The van der Waals surface area contributed by atoms with Gasteiger partial charge in [0.05, 0.1) is 19.3 Å². The molecule has 0 amide bonds. The first-order valence-corrected chi connectivity index (χ1v) is 15.0. The van der Waals surface area contributed by atoms with E-state index in [1.165, 1.54) is 70.3 Å². The molecule has 0 aliphatic heterocycles. The van der Waals surface area contributed by atoms with E-state index in [0.717, 1.165) is 31.3 Å². The summed E-state index contributed by atoms with van der Waals surface area (Å²) in [7, 11) is 1.00. The number of aliphatic hydroxyl groups is 3. The van der Waals surface area contributed by atoms with Crippen LogP contribution in [0.4, 0.5) is 0 Å². The molecule has 0 aromatic rings. The van der Waals surface area contributed by atoms with Crippen molar-refractivity contribution in [2.75, 3.05) is 20.3 Å². The molecule has 214 valence electrons. The van der Waals surface area contributed by atoms with Gasteiger partial charge >= 0.3 is 5.97 Å². The molecule has 5 saturated carbocycles. The summed E-state index contributed by atoms with van der Waals surface area (Å²) in [5.74, 6) is 3.34. The zero-order valence-corrected chi connectivity index (χ0v) is 24.6. The summed E-state index contributed by atoms with van der Waals surface area (Å²) in [6.07, 6.45) is 15.4. The van der Waals surface area contributed by atoms with Crippen LogP contribution in [0.1, 0.15) is 105 Å². The molecule has 0 radical (unpaired) electrons. The minimum atomic E-state index is -0.108. The zero-order valence-electron chi connectivity index (χ0n) is 24.6. The van der Waals surface area contributed by atoms with E-state index < -0.39 is 0 Å². The highest BCUT2D eigenvalue weighted by Gasteiger charge is 2.68. The third kappa shape index (κ3) is 4.95. The summed E-state index contributed by atoms with van der Waals surface area (Å²) in [5.41, 5.74) is 1.45. The normalized spacial score (nSPS) is 47.8. The van der Waals surface area contributed by atoms with Gasteiger partial charge in [0.15, 0.2) is 0 Å². The van der Waals surface area contributed by atoms with Crippen molar-refractivity contribution < 1.29 is 24.9 Å². The second kappa shape index (κ2) is 11.7. The highest BCUT2D eigenvalue weighted by atomic mass is 16.5. The summed E-state index contributed by atoms with van der Waals surface area (Å²) in [6.45, 7) is 15.8. The molecule has 5 rings (SSSR count). The fourth-order valence-electron chi connectivity index (χ4n) is 10.8. The van der Waals surface area contributed by atoms with Crippen molar-refractivity contribution >= 4 is 5.97 Å². The van der Waals surface area contributed by atoms with Crippen LogP contribution in [-0.4, -0.2) is 47.7 Å². The molecular weight excluding hydrogens is 464 g/mol. The SMILES string of the molecule is C=CCO.CC(=O)OCC12CCCC1C1CCC3C4(C)CCC(O)C(C)C4CCC3(C)[C@]1(C)CC2.CO. The summed E-state index contributed by atoms with van der Waals surface area (Å²) in [4.78, 5) is 11.6. The van der Waals surface area contributed by atoms with Crippen LogP contribution < -0.4 is 0 Å². The van der Waals surface area contributed by atoms with Crippen LogP contribution in [0.5, 0.6) is 0 Å². The molecule has 5 nitrogen and oxygen atoms in total. The van der Waals surface area contributed by atoms with Gasteiger partial charge in [0, 0.05) is 19.4 Å². The van der Waals surface area contributed by atoms with E-state index in [0.29, 0.717) is 34.7 Å². The molecule has 10 atom stereocenters. The number of carbonyl (C=O) groups is 1. The lowest BCUT2D eigenvalue weighted by Gasteiger charge is -2.71. The van der Waals surface area contributed by atoms with E-state index in [-0.39, 0.29) is 24.1 Å². The van der Waals surface area contributed by atoms with Crippen molar-refractivity contribution in [3.05, 3.63) is 12.7 Å². The van der Waals surface area contributed by atoms with E-state index in [4.69, 9.17) is 14.9 Å².